The summed E-state index contributed by atoms with van der Waals surface area (Å²) in [5, 5.41) is 2.15. The molecule has 84 valence electrons. The Morgan fingerprint density at radius 2 is 2.06 bits per heavy atom. The predicted molar refractivity (Wildman–Crippen MR) is 74.2 cm³/mol. The molecular weight excluding hydrogens is 378 g/mol. The molecule has 0 saturated carbocycles. The third kappa shape index (κ3) is 2.50. The van der Waals surface area contributed by atoms with E-state index in [1.807, 2.05) is 11.4 Å². The highest BCUT2D eigenvalue weighted by atomic mass is 79.9. The quantitative estimate of drug-likeness (QED) is 0.575. The number of rotatable bonds is 2. The van der Waals surface area contributed by atoms with Crippen LogP contribution in [0.25, 0.3) is 0 Å². The lowest BCUT2D eigenvalue weighted by Gasteiger charge is -2.09. The van der Waals surface area contributed by atoms with E-state index in [9.17, 15) is 4.39 Å². The van der Waals surface area contributed by atoms with E-state index < -0.39 is 5.82 Å². The molecule has 0 fully saturated rings. The maximum atomic E-state index is 13.0. The van der Waals surface area contributed by atoms with Gasteiger partial charge in [0.05, 0.1) is 9.85 Å². The maximum absolute atomic E-state index is 13.0. The fourth-order valence-electron chi connectivity index (χ4n) is 1.31. The summed E-state index contributed by atoms with van der Waals surface area (Å²) >= 11 is 14.4. The molecule has 1 aromatic carbocycles. The Morgan fingerprint density at radius 1 is 1.31 bits per heavy atom. The first-order valence-corrected chi connectivity index (χ1v) is 7.38. The van der Waals surface area contributed by atoms with Gasteiger partial charge in [-0.15, -0.1) is 11.3 Å². The van der Waals surface area contributed by atoms with Crippen molar-refractivity contribution in [2.24, 2.45) is 0 Å². The standard InChI is InChI=1S/C11H6Br2ClFS/c12-7-3-4-16-11(7)10(13)6-1-2-9(15)8(14)5-6/h1-5,10H. The van der Waals surface area contributed by atoms with Crippen LogP contribution < -0.4 is 0 Å². The molecule has 0 N–H and O–H groups in total. The second-order valence-electron chi connectivity index (χ2n) is 3.17. The second-order valence-corrected chi connectivity index (χ2v) is 6.29. The summed E-state index contributed by atoms with van der Waals surface area (Å²) in [5.41, 5.74) is 0.939. The molecule has 0 spiro atoms. The Morgan fingerprint density at radius 3 is 2.62 bits per heavy atom. The Bertz CT molecular complexity index is 512. The van der Waals surface area contributed by atoms with Gasteiger partial charge in [-0.3, -0.25) is 0 Å². The molecule has 0 bridgehead atoms. The lowest BCUT2D eigenvalue weighted by Crippen LogP contribution is -1.91. The third-order valence-electron chi connectivity index (χ3n) is 2.11. The molecule has 16 heavy (non-hydrogen) atoms. The van der Waals surface area contributed by atoms with Crippen molar-refractivity contribution in [3.05, 3.63) is 55.4 Å². The molecule has 2 aromatic rings. The van der Waals surface area contributed by atoms with Crippen LogP contribution >= 0.6 is 54.8 Å². The average molecular weight is 384 g/mol. The highest BCUT2D eigenvalue weighted by molar-refractivity contribution is 9.11. The van der Waals surface area contributed by atoms with Gasteiger partial charge in [0.2, 0.25) is 0 Å². The number of thiophene rings is 1. The molecule has 1 aromatic heterocycles. The lowest BCUT2D eigenvalue weighted by molar-refractivity contribution is 0.627. The molecule has 1 atom stereocenters. The summed E-state index contributed by atoms with van der Waals surface area (Å²) in [7, 11) is 0. The summed E-state index contributed by atoms with van der Waals surface area (Å²) in [6, 6.07) is 6.74. The van der Waals surface area contributed by atoms with Crippen molar-refractivity contribution >= 4 is 54.8 Å². The van der Waals surface area contributed by atoms with Crippen molar-refractivity contribution in [1.29, 1.82) is 0 Å². The number of alkyl halides is 1. The van der Waals surface area contributed by atoms with E-state index in [0.717, 1.165) is 14.9 Å². The summed E-state index contributed by atoms with van der Waals surface area (Å²) in [4.78, 5) is 1.17. The number of hydrogen-bond acceptors (Lipinski definition) is 1. The van der Waals surface area contributed by atoms with Gasteiger partial charge in [0, 0.05) is 9.35 Å². The van der Waals surface area contributed by atoms with Crippen molar-refractivity contribution in [1.82, 2.24) is 0 Å². The van der Waals surface area contributed by atoms with E-state index in [1.54, 1.807) is 23.5 Å². The zero-order chi connectivity index (χ0) is 11.7. The minimum Gasteiger partial charge on any atom is -0.205 e. The first-order valence-electron chi connectivity index (χ1n) is 4.41. The van der Waals surface area contributed by atoms with E-state index in [0.29, 0.717) is 0 Å². The minimum atomic E-state index is -0.393. The normalized spacial score (nSPS) is 12.8. The van der Waals surface area contributed by atoms with E-state index in [-0.39, 0.29) is 9.85 Å². The van der Waals surface area contributed by atoms with Crippen molar-refractivity contribution in [2.75, 3.05) is 0 Å². The van der Waals surface area contributed by atoms with Crippen LogP contribution in [0.5, 0.6) is 0 Å². The van der Waals surface area contributed by atoms with Gasteiger partial charge in [-0.25, -0.2) is 4.39 Å². The topological polar surface area (TPSA) is 0 Å². The third-order valence-corrected chi connectivity index (χ3v) is 5.63. The lowest BCUT2D eigenvalue weighted by atomic mass is 10.1. The smallest absolute Gasteiger partial charge is 0.141 e. The van der Waals surface area contributed by atoms with Gasteiger partial charge >= 0.3 is 0 Å². The first kappa shape index (κ1) is 12.6. The van der Waals surface area contributed by atoms with Crippen molar-refractivity contribution in [2.45, 2.75) is 4.83 Å². The van der Waals surface area contributed by atoms with Crippen LogP contribution in [0.4, 0.5) is 4.39 Å². The molecule has 0 aliphatic heterocycles. The summed E-state index contributed by atoms with van der Waals surface area (Å²) in [5.74, 6) is -0.393. The van der Waals surface area contributed by atoms with Crippen LogP contribution in [0.3, 0.4) is 0 Å². The molecule has 0 aliphatic carbocycles. The van der Waals surface area contributed by atoms with Gasteiger partial charge in [0.15, 0.2) is 0 Å². The zero-order valence-electron chi connectivity index (χ0n) is 7.88. The fraction of sp³-hybridized carbons (Fsp3) is 0.0909. The molecule has 1 heterocycles. The van der Waals surface area contributed by atoms with Gasteiger partial charge in [0.25, 0.3) is 0 Å². The number of halogens is 4. The first-order chi connectivity index (χ1) is 7.59. The highest BCUT2D eigenvalue weighted by Gasteiger charge is 2.16. The Labute approximate surface area is 119 Å². The van der Waals surface area contributed by atoms with Gasteiger partial charge in [-0.05, 0) is 45.1 Å². The van der Waals surface area contributed by atoms with Gasteiger partial charge in [0.1, 0.15) is 5.82 Å². The molecule has 0 nitrogen and oxygen atoms in total. The SMILES string of the molecule is Fc1ccc(C(Br)c2sccc2Br)cc1Cl. The van der Waals surface area contributed by atoms with Crippen LogP contribution in [0.15, 0.2) is 34.1 Å². The molecule has 0 radical (unpaired) electrons. The van der Waals surface area contributed by atoms with E-state index in [2.05, 4.69) is 31.9 Å². The van der Waals surface area contributed by atoms with Crippen molar-refractivity contribution in [3.63, 3.8) is 0 Å². The second kappa shape index (κ2) is 5.17. The predicted octanol–water partition coefficient (Wildman–Crippen LogP) is 5.79. The molecule has 0 aliphatic rings. The van der Waals surface area contributed by atoms with Crippen LogP contribution in [-0.4, -0.2) is 0 Å². The Hall–Kier alpha value is 0.1000. The van der Waals surface area contributed by atoms with Crippen molar-refractivity contribution < 1.29 is 4.39 Å². The fourth-order valence-corrected chi connectivity index (χ4v) is 4.26. The molecule has 0 amide bonds. The maximum Gasteiger partial charge on any atom is 0.141 e. The largest absolute Gasteiger partial charge is 0.205 e. The molecule has 2 rings (SSSR count). The molecule has 0 saturated heterocycles. The average Bonchev–Trinajstić information content (AvgIpc) is 2.67. The molecular formula is C11H6Br2ClFS. The van der Waals surface area contributed by atoms with Gasteiger partial charge in [-0.1, -0.05) is 33.6 Å². The summed E-state index contributed by atoms with van der Waals surface area (Å²) < 4.78 is 14.1. The zero-order valence-corrected chi connectivity index (χ0v) is 12.6. The molecule has 1 unspecified atom stereocenters. The Kier molecular flexibility index (Phi) is 4.06. The number of benzene rings is 1. The van der Waals surface area contributed by atoms with Crippen LogP contribution in [0.2, 0.25) is 5.02 Å². The van der Waals surface area contributed by atoms with Crippen LogP contribution in [0.1, 0.15) is 15.3 Å². The monoisotopic (exact) mass is 382 g/mol. The highest BCUT2D eigenvalue weighted by Crippen LogP contribution is 2.39. The van der Waals surface area contributed by atoms with E-state index in [1.165, 1.54) is 6.07 Å². The van der Waals surface area contributed by atoms with Gasteiger partial charge < -0.3 is 0 Å². The van der Waals surface area contributed by atoms with Gasteiger partial charge in [-0.2, -0.15) is 0 Å². The van der Waals surface area contributed by atoms with Crippen LogP contribution in [0, 0.1) is 5.82 Å². The van der Waals surface area contributed by atoms with E-state index in [4.69, 9.17) is 11.6 Å². The Balaban J connectivity index is 2.38. The summed E-state index contributed by atoms with van der Waals surface area (Å²) in [6.45, 7) is 0. The van der Waals surface area contributed by atoms with Crippen LogP contribution in [-0.2, 0) is 0 Å². The molecule has 5 heteroatoms. The van der Waals surface area contributed by atoms with Crippen molar-refractivity contribution in [3.8, 4) is 0 Å². The minimum absolute atomic E-state index is 0.0278. The summed E-state index contributed by atoms with van der Waals surface area (Å²) in [6.07, 6.45) is 0. The number of hydrogen-bond donors (Lipinski definition) is 0. The van der Waals surface area contributed by atoms with E-state index >= 15 is 0 Å².